The fraction of sp³-hybridized carbons (Fsp3) is 0.480. The Morgan fingerprint density at radius 1 is 1.16 bits per heavy atom. The zero-order valence-corrected chi connectivity index (χ0v) is 18.4. The molecule has 1 saturated carbocycles. The van der Waals surface area contributed by atoms with Crippen molar-refractivity contribution in [1.82, 2.24) is 15.5 Å². The minimum absolute atomic E-state index is 0.122. The lowest BCUT2D eigenvalue weighted by atomic mass is 9.96. The number of piperazine rings is 1. The van der Waals surface area contributed by atoms with Crippen molar-refractivity contribution in [3.63, 3.8) is 0 Å². The number of halogens is 1. The summed E-state index contributed by atoms with van der Waals surface area (Å²) < 4.78 is 18.8. The SMILES string of the molecule is COc1cc(C(C)NC2CCC(c3ccc(C(=O)N4CCNCC4)cc3)C2)ccc1F. The molecule has 5 nitrogen and oxygen atoms in total. The average molecular weight is 426 g/mol. The Morgan fingerprint density at radius 2 is 1.90 bits per heavy atom. The van der Waals surface area contributed by atoms with E-state index in [9.17, 15) is 9.18 Å². The van der Waals surface area contributed by atoms with Crippen molar-refractivity contribution in [3.05, 3.63) is 65.0 Å². The van der Waals surface area contributed by atoms with Gasteiger partial charge in [0.1, 0.15) is 0 Å². The fourth-order valence-electron chi connectivity index (χ4n) is 4.78. The number of benzene rings is 2. The van der Waals surface area contributed by atoms with Crippen molar-refractivity contribution < 1.29 is 13.9 Å². The van der Waals surface area contributed by atoms with Gasteiger partial charge in [-0.15, -0.1) is 0 Å². The number of hydrogen-bond acceptors (Lipinski definition) is 4. The fourth-order valence-corrected chi connectivity index (χ4v) is 4.78. The summed E-state index contributed by atoms with van der Waals surface area (Å²) in [6, 6.07) is 13.8. The Hall–Kier alpha value is -2.44. The van der Waals surface area contributed by atoms with E-state index >= 15 is 0 Å². The first-order valence-corrected chi connectivity index (χ1v) is 11.2. The van der Waals surface area contributed by atoms with Crippen LogP contribution in [0, 0.1) is 5.82 Å². The van der Waals surface area contributed by atoms with Crippen molar-refractivity contribution in [3.8, 4) is 5.75 Å². The van der Waals surface area contributed by atoms with Gasteiger partial charge in [0.05, 0.1) is 7.11 Å². The highest BCUT2D eigenvalue weighted by Gasteiger charge is 2.27. The normalized spacial score (nSPS) is 22.4. The van der Waals surface area contributed by atoms with Crippen LogP contribution in [-0.2, 0) is 0 Å². The molecule has 3 unspecified atom stereocenters. The van der Waals surface area contributed by atoms with Crippen molar-refractivity contribution in [2.24, 2.45) is 0 Å². The van der Waals surface area contributed by atoms with Gasteiger partial charge in [-0.2, -0.15) is 0 Å². The zero-order valence-electron chi connectivity index (χ0n) is 18.4. The molecule has 2 aromatic carbocycles. The van der Waals surface area contributed by atoms with Gasteiger partial charge >= 0.3 is 0 Å². The number of ether oxygens (including phenoxy) is 1. The van der Waals surface area contributed by atoms with Crippen LogP contribution in [0.5, 0.6) is 5.75 Å². The van der Waals surface area contributed by atoms with Gasteiger partial charge in [-0.1, -0.05) is 18.2 Å². The quantitative estimate of drug-likeness (QED) is 0.738. The largest absolute Gasteiger partial charge is 0.494 e. The Bertz CT molecular complexity index is 896. The standard InChI is InChI=1S/C25H32FN3O2/c1-17(20-8-10-23(26)24(16-20)31-2)28-22-9-7-21(15-22)18-3-5-19(6-4-18)25(30)29-13-11-27-12-14-29/h3-6,8,10,16-17,21-22,27-28H,7,9,11-15H2,1-2H3. The van der Waals surface area contributed by atoms with Crippen LogP contribution in [0.4, 0.5) is 4.39 Å². The molecule has 0 aromatic heterocycles. The summed E-state index contributed by atoms with van der Waals surface area (Å²) in [5, 5.41) is 6.97. The number of methoxy groups -OCH3 is 1. The predicted octanol–water partition coefficient (Wildman–Crippen LogP) is 3.87. The van der Waals surface area contributed by atoms with E-state index in [-0.39, 0.29) is 23.5 Å². The van der Waals surface area contributed by atoms with Gasteiger partial charge in [0.2, 0.25) is 0 Å². The molecule has 0 radical (unpaired) electrons. The number of amides is 1. The minimum Gasteiger partial charge on any atom is -0.494 e. The highest BCUT2D eigenvalue weighted by atomic mass is 19.1. The molecule has 1 aliphatic heterocycles. The highest BCUT2D eigenvalue weighted by Crippen LogP contribution is 2.36. The van der Waals surface area contributed by atoms with E-state index in [0.29, 0.717) is 12.0 Å². The second kappa shape index (κ2) is 9.79. The first-order chi connectivity index (χ1) is 15.0. The number of carbonyl (C=O) groups is 1. The lowest BCUT2D eigenvalue weighted by Crippen LogP contribution is -2.46. The van der Waals surface area contributed by atoms with Gasteiger partial charge in [0.15, 0.2) is 11.6 Å². The van der Waals surface area contributed by atoms with Gasteiger partial charge in [0.25, 0.3) is 5.91 Å². The molecule has 2 N–H and O–H groups in total. The molecule has 31 heavy (non-hydrogen) atoms. The first kappa shape index (κ1) is 21.8. The van der Waals surface area contributed by atoms with Crippen molar-refractivity contribution in [1.29, 1.82) is 0 Å². The maximum atomic E-state index is 13.7. The summed E-state index contributed by atoms with van der Waals surface area (Å²) in [6.07, 6.45) is 3.30. The predicted molar refractivity (Wildman–Crippen MR) is 120 cm³/mol. The summed E-state index contributed by atoms with van der Waals surface area (Å²) in [4.78, 5) is 14.6. The maximum Gasteiger partial charge on any atom is 0.253 e. The molecule has 3 atom stereocenters. The molecule has 2 aromatic rings. The average Bonchev–Trinajstić information content (AvgIpc) is 3.28. The molecule has 6 heteroatoms. The molecular weight excluding hydrogens is 393 g/mol. The highest BCUT2D eigenvalue weighted by molar-refractivity contribution is 5.94. The molecule has 166 valence electrons. The van der Waals surface area contributed by atoms with Crippen LogP contribution in [0.3, 0.4) is 0 Å². The number of nitrogens with zero attached hydrogens (tertiary/aromatic N) is 1. The Morgan fingerprint density at radius 3 is 2.61 bits per heavy atom. The third-order valence-electron chi connectivity index (χ3n) is 6.63. The maximum absolute atomic E-state index is 13.7. The second-order valence-corrected chi connectivity index (χ2v) is 8.65. The van der Waals surface area contributed by atoms with Crippen molar-refractivity contribution >= 4 is 5.91 Å². The van der Waals surface area contributed by atoms with Crippen LogP contribution in [0.25, 0.3) is 0 Å². The molecule has 2 aliphatic rings. The van der Waals surface area contributed by atoms with Crippen LogP contribution in [0.1, 0.15) is 59.6 Å². The van der Waals surface area contributed by atoms with Crippen molar-refractivity contribution in [2.75, 3.05) is 33.3 Å². The van der Waals surface area contributed by atoms with E-state index in [1.807, 2.05) is 23.1 Å². The lowest BCUT2D eigenvalue weighted by molar-refractivity contribution is 0.0736. The van der Waals surface area contributed by atoms with E-state index in [1.54, 1.807) is 6.07 Å². The van der Waals surface area contributed by atoms with E-state index in [0.717, 1.165) is 56.6 Å². The van der Waals surface area contributed by atoms with Gasteiger partial charge in [-0.3, -0.25) is 4.79 Å². The summed E-state index contributed by atoms with van der Waals surface area (Å²) in [6.45, 7) is 5.38. The van der Waals surface area contributed by atoms with E-state index in [2.05, 4.69) is 29.7 Å². The van der Waals surface area contributed by atoms with Crippen LogP contribution in [-0.4, -0.2) is 50.1 Å². The molecule has 1 amide bonds. The molecular formula is C25H32FN3O2. The summed E-state index contributed by atoms with van der Waals surface area (Å²) in [5.41, 5.74) is 3.10. The van der Waals surface area contributed by atoms with Gasteiger partial charge in [-0.05, 0) is 67.5 Å². The van der Waals surface area contributed by atoms with Crippen LogP contribution in [0.15, 0.2) is 42.5 Å². The molecule has 0 spiro atoms. The van der Waals surface area contributed by atoms with Crippen molar-refractivity contribution in [2.45, 2.75) is 44.2 Å². The van der Waals surface area contributed by atoms with Gasteiger partial charge in [0, 0.05) is 43.8 Å². The third-order valence-corrected chi connectivity index (χ3v) is 6.63. The van der Waals surface area contributed by atoms with Gasteiger partial charge in [-0.25, -0.2) is 4.39 Å². The first-order valence-electron chi connectivity index (χ1n) is 11.2. The number of carbonyl (C=O) groups excluding carboxylic acids is 1. The Kier molecular flexibility index (Phi) is 6.88. The molecule has 1 saturated heterocycles. The molecule has 0 bridgehead atoms. The van der Waals surface area contributed by atoms with E-state index in [1.165, 1.54) is 18.7 Å². The molecule has 1 aliphatic carbocycles. The number of rotatable bonds is 6. The zero-order chi connectivity index (χ0) is 21.8. The van der Waals surface area contributed by atoms with E-state index in [4.69, 9.17) is 4.74 Å². The molecule has 1 heterocycles. The Labute approximate surface area is 184 Å². The van der Waals surface area contributed by atoms with Crippen LogP contribution < -0.4 is 15.4 Å². The number of hydrogen-bond donors (Lipinski definition) is 2. The topological polar surface area (TPSA) is 53.6 Å². The molecule has 2 fully saturated rings. The van der Waals surface area contributed by atoms with Crippen LogP contribution in [0.2, 0.25) is 0 Å². The number of nitrogens with one attached hydrogen (secondary N) is 2. The molecule has 4 rings (SSSR count). The monoisotopic (exact) mass is 425 g/mol. The van der Waals surface area contributed by atoms with Crippen LogP contribution >= 0.6 is 0 Å². The summed E-state index contributed by atoms with van der Waals surface area (Å²) >= 11 is 0. The summed E-state index contributed by atoms with van der Waals surface area (Å²) in [7, 11) is 1.49. The minimum atomic E-state index is -0.335. The third kappa shape index (κ3) is 5.08. The Balaban J connectivity index is 1.33. The smallest absolute Gasteiger partial charge is 0.253 e. The lowest BCUT2D eigenvalue weighted by Gasteiger charge is -2.27. The summed E-state index contributed by atoms with van der Waals surface area (Å²) in [5.74, 6) is 0.572. The second-order valence-electron chi connectivity index (χ2n) is 8.65. The van der Waals surface area contributed by atoms with E-state index < -0.39 is 0 Å². The van der Waals surface area contributed by atoms with Gasteiger partial charge < -0.3 is 20.3 Å².